The van der Waals surface area contributed by atoms with Crippen molar-refractivity contribution < 1.29 is 9.90 Å². The van der Waals surface area contributed by atoms with Crippen LogP contribution in [-0.2, 0) is 5.72 Å². The van der Waals surface area contributed by atoms with Gasteiger partial charge >= 0.3 is 0 Å². The number of hydrogen-bond acceptors (Lipinski definition) is 2. The van der Waals surface area contributed by atoms with Crippen molar-refractivity contribution in [1.82, 2.24) is 4.90 Å². The number of fused-ring (bicyclic) bond motifs is 1. The fourth-order valence-corrected chi connectivity index (χ4v) is 2.50. The molecule has 1 heterocycles. The van der Waals surface area contributed by atoms with Gasteiger partial charge in [0.1, 0.15) is 0 Å². The lowest BCUT2D eigenvalue weighted by Gasteiger charge is -2.31. The van der Waals surface area contributed by atoms with Crippen LogP contribution >= 0.6 is 0 Å². The van der Waals surface area contributed by atoms with Gasteiger partial charge in [0.05, 0.1) is 0 Å². The highest BCUT2D eigenvalue weighted by atomic mass is 16.3. The molecule has 0 saturated carbocycles. The normalized spacial score (nSPS) is 22.1. The smallest absolute Gasteiger partial charge is 0.256 e. The Kier molecular flexibility index (Phi) is 2.25. The van der Waals surface area contributed by atoms with Crippen molar-refractivity contribution >= 4 is 5.91 Å². The van der Waals surface area contributed by atoms with E-state index in [0.29, 0.717) is 16.7 Å². The minimum atomic E-state index is -1.37. The molecule has 0 spiro atoms. The molecule has 0 aliphatic carbocycles. The van der Waals surface area contributed by atoms with Crippen LogP contribution in [0.5, 0.6) is 0 Å². The molecule has 1 N–H and O–H groups in total. The predicted molar refractivity (Wildman–Crippen MR) is 68.0 cm³/mol. The van der Waals surface area contributed by atoms with Crippen LogP contribution in [0.4, 0.5) is 0 Å². The molecule has 0 fully saturated rings. The quantitative estimate of drug-likeness (QED) is 0.826. The van der Waals surface area contributed by atoms with E-state index in [1.165, 1.54) is 4.90 Å². The Morgan fingerprint density at radius 3 is 2.33 bits per heavy atom. The van der Waals surface area contributed by atoms with E-state index >= 15 is 0 Å². The zero-order valence-electron chi connectivity index (χ0n) is 10.00. The molecule has 1 aliphatic heterocycles. The number of carbonyl (C=O) groups excluding carboxylic acids is 1. The highest BCUT2D eigenvalue weighted by Gasteiger charge is 2.47. The maximum absolute atomic E-state index is 12.2. The highest BCUT2D eigenvalue weighted by Crippen LogP contribution is 2.40. The first-order valence-electron chi connectivity index (χ1n) is 5.81. The van der Waals surface area contributed by atoms with Gasteiger partial charge in [0.15, 0.2) is 5.72 Å². The van der Waals surface area contributed by atoms with Gasteiger partial charge in [-0.05, 0) is 6.07 Å². The molecule has 2 aromatic rings. The third-order valence-electron chi connectivity index (χ3n) is 3.50. The van der Waals surface area contributed by atoms with Crippen LogP contribution in [-0.4, -0.2) is 23.0 Å². The Morgan fingerprint density at radius 1 is 1.00 bits per heavy atom. The Labute approximate surface area is 105 Å². The maximum atomic E-state index is 12.2. The van der Waals surface area contributed by atoms with Gasteiger partial charge in [-0.25, -0.2) is 0 Å². The minimum Gasteiger partial charge on any atom is -0.363 e. The number of benzene rings is 2. The van der Waals surface area contributed by atoms with Gasteiger partial charge < -0.3 is 10.0 Å². The summed E-state index contributed by atoms with van der Waals surface area (Å²) in [5.74, 6) is -0.156. The van der Waals surface area contributed by atoms with Gasteiger partial charge in [-0.3, -0.25) is 4.79 Å². The van der Waals surface area contributed by atoms with Gasteiger partial charge in [0.2, 0.25) is 0 Å². The van der Waals surface area contributed by atoms with Gasteiger partial charge in [0.25, 0.3) is 5.91 Å². The summed E-state index contributed by atoms with van der Waals surface area (Å²) in [6.07, 6.45) is 0. The molecule has 18 heavy (non-hydrogen) atoms. The number of rotatable bonds is 1. The van der Waals surface area contributed by atoms with Crippen LogP contribution in [0, 0.1) is 0 Å². The molecule has 3 rings (SSSR count). The molecule has 2 aromatic carbocycles. The Morgan fingerprint density at radius 2 is 1.61 bits per heavy atom. The van der Waals surface area contributed by atoms with Crippen molar-refractivity contribution in [2.75, 3.05) is 7.05 Å². The third-order valence-corrected chi connectivity index (χ3v) is 3.50. The van der Waals surface area contributed by atoms with Crippen LogP contribution in [0.2, 0.25) is 0 Å². The predicted octanol–water partition coefficient (Wildman–Crippen LogP) is 1.97. The second-order valence-electron chi connectivity index (χ2n) is 4.45. The van der Waals surface area contributed by atoms with Crippen LogP contribution in [0.1, 0.15) is 21.5 Å². The fraction of sp³-hybridized carbons (Fsp3) is 0.133. The van der Waals surface area contributed by atoms with Crippen LogP contribution in [0.3, 0.4) is 0 Å². The van der Waals surface area contributed by atoms with E-state index in [4.69, 9.17) is 0 Å². The molecule has 0 radical (unpaired) electrons. The van der Waals surface area contributed by atoms with E-state index < -0.39 is 5.72 Å². The van der Waals surface area contributed by atoms with E-state index in [9.17, 15) is 9.90 Å². The van der Waals surface area contributed by atoms with Gasteiger partial charge in [-0.2, -0.15) is 0 Å². The summed E-state index contributed by atoms with van der Waals surface area (Å²) in [6.45, 7) is 0. The van der Waals surface area contributed by atoms with Crippen molar-refractivity contribution in [3.05, 3.63) is 71.3 Å². The maximum Gasteiger partial charge on any atom is 0.256 e. The summed E-state index contributed by atoms with van der Waals surface area (Å²) in [4.78, 5) is 13.5. The van der Waals surface area contributed by atoms with E-state index in [2.05, 4.69) is 0 Å². The molecule has 1 atom stereocenters. The molecule has 0 saturated heterocycles. The molecule has 90 valence electrons. The second-order valence-corrected chi connectivity index (χ2v) is 4.45. The van der Waals surface area contributed by atoms with Crippen molar-refractivity contribution in [2.45, 2.75) is 5.72 Å². The Balaban J connectivity index is 2.27. The molecular formula is C15H13NO2. The first-order chi connectivity index (χ1) is 8.65. The third kappa shape index (κ3) is 1.25. The zero-order valence-corrected chi connectivity index (χ0v) is 10.00. The van der Waals surface area contributed by atoms with Gasteiger partial charge in [0, 0.05) is 23.7 Å². The monoisotopic (exact) mass is 239 g/mol. The highest BCUT2D eigenvalue weighted by molar-refractivity contribution is 6.00. The van der Waals surface area contributed by atoms with Crippen molar-refractivity contribution in [2.24, 2.45) is 0 Å². The first-order valence-corrected chi connectivity index (χ1v) is 5.81. The molecule has 0 bridgehead atoms. The van der Waals surface area contributed by atoms with Crippen LogP contribution in [0.25, 0.3) is 0 Å². The number of aliphatic hydroxyl groups is 1. The minimum absolute atomic E-state index is 0.156. The molecule has 0 aromatic heterocycles. The summed E-state index contributed by atoms with van der Waals surface area (Å²) in [5, 5.41) is 11.0. The molecule has 1 aliphatic rings. The summed E-state index contributed by atoms with van der Waals surface area (Å²) >= 11 is 0. The van der Waals surface area contributed by atoms with Crippen molar-refractivity contribution in [3.63, 3.8) is 0 Å². The van der Waals surface area contributed by atoms with Crippen molar-refractivity contribution in [3.8, 4) is 0 Å². The first kappa shape index (κ1) is 11.0. The van der Waals surface area contributed by atoms with Crippen molar-refractivity contribution in [1.29, 1.82) is 0 Å². The number of carbonyl (C=O) groups is 1. The molecule has 0 unspecified atom stereocenters. The van der Waals surface area contributed by atoms with Gasteiger partial charge in [-0.1, -0.05) is 48.5 Å². The second kappa shape index (κ2) is 3.68. The largest absolute Gasteiger partial charge is 0.363 e. The summed E-state index contributed by atoms with van der Waals surface area (Å²) in [6, 6.07) is 16.4. The lowest BCUT2D eigenvalue weighted by Crippen LogP contribution is -2.41. The van der Waals surface area contributed by atoms with Gasteiger partial charge in [-0.15, -0.1) is 0 Å². The summed E-state index contributed by atoms with van der Waals surface area (Å²) in [7, 11) is 1.62. The lowest BCUT2D eigenvalue weighted by atomic mass is 9.94. The molecule has 3 nitrogen and oxygen atoms in total. The Bertz CT molecular complexity index is 609. The standard InChI is InChI=1S/C15H13NO2/c1-16-14(17)12-9-5-6-10-13(12)15(16,18)11-7-3-2-4-8-11/h2-10,18H,1H3/t15-/m1/s1. The average molecular weight is 239 g/mol. The van der Waals surface area contributed by atoms with Crippen LogP contribution < -0.4 is 0 Å². The van der Waals surface area contributed by atoms with E-state index in [1.807, 2.05) is 36.4 Å². The number of hydrogen-bond donors (Lipinski definition) is 1. The molecular weight excluding hydrogens is 226 g/mol. The summed E-state index contributed by atoms with van der Waals surface area (Å²) in [5.41, 5.74) is 0.537. The zero-order chi connectivity index (χ0) is 12.8. The lowest BCUT2D eigenvalue weighted by molar-refractivity contribution is -0.0369. The van der Waals surface area contributed by atoms with E-state index in [1.54, 1.807) is 25.2 Å². The molecule has 1 amide bonds. The summed E-state index contributed by atoms with van der Waals surface area (Å²) < 4.78 is 0. The van der Waals surface area contributed by atoms with E-state index in [-0.39, 0.29) is 5.91 Å². The fourth-order valence-electron chi connectivity index (χ4n) is 2.50. The number of amides is 1. The topological polar surface area (TPSA) is 40.5 Å². The van der Waals surface area contributed by atoms with Crippen LogP contribution in [0.15, 0.2) is 54.6 Å². The van der Waals surface area contributed by atoms with E-state index in [0.717, 1.165) is 0 Å². The molecule has 3 heteroatoms. The Hall–Kier alpha value is -2.13. The average Bonchev–Trinajstić information content (AvgIpc) is 2.64. The SMILES string of the molecule is CN1C(=O)c2ccccc2[C@]1(O)c1ccccc1. The number of nitrogens with zero attached hydrogens (tertiary/aromatic N) is 1.